The smallest absolute Gasteiger partial charge is 0.266 e. The Kier molecular flexibility index (Phi) is 4.92. The van der Waals surface area contributed by atoms with Gasteiger partial charge in [0.2, 0.25) is 5.91 Å². The van der Waals surface area contributed by atoms with Gasteiger partial charge >= 0.3 is 0 Å². The van der Waals surface area contributed by atoms with E-state index < -0.39 is 18.1 Å². The van der Waals surface area contributed by atoms with E-state index in [-0.39, 0.29) is 11.8 Å². The van der Waals surface area contributed by atoms with Crippen LogP contribution in [-0.4, -0.2) is 24.5 Å². The average Bonchev–Trinajstić information content (AvgIpc) is 3.32. The van der Waals surface area contributed by atoms with Crippen molar-refractivity contribution < 1.29 is 19.2 Å². The molecule has 5 rings (SSSR count). The summed E-state index contributed by atoms with van der Waals surface area (Å²) in [7, 11) is 0. The number of rotatable bonds is 5. The van der Waals surface area contributed by atoms with Gasteiger partial charge in [0.05, 0.1) is 24.0 Å². The fourth-order valence-electron chi connectivity index (χ4n) is 4.31. The second-order valence-electron chi connectivity index (χ2n) is 7.51. The van der Waals surface area contributed by atoms with Gasteiger partial charge in [-0.15, -0.1) is 0 Å². The quantitative estimate of drug-likeness (QED) is 0.588. The first-order chi connectivity index (χ1) is 15.2. The number of amides is 2. The molecule has 0 radical (unpaired) electrons. The predicted molar refractivity (Wildman–Crippen MR) is 117 cm³/mol. The molecule has 6 nitrogen and oxygen atoms in total. The molecule has 0 saturated carbocycles. The maximum Gasteiger partial charge on any atom is 0.266 e. The number of anilines is 2. The van der Waals surface area contributed by atoms with Crippen LogP contribution in [0.4, 0.5) is 11.4 Å². The van der Waals surface area contributed by atoms with E-state index in [2.05, 4.69) is 0 Å². The van der Waals surface area contributed by atoms with Crippen molar-refractivity contribution in [3.63, 3.8) is 0 Å². The van der Waals surface area contributed by atoms with Crippen LogP contribution in [0.3, 0.4) is 0 Å². The van der Waals surface area contributed by atoms with Crippen molar-refractivity contribution >= 4 is 23.2 Å². The van der Waals surface area contributed by atoms with Gasteiger partial charge < -0.3 is 4.74 Å². The van der Waals surface area contributed by atoms with Crippen LogP contribution in [0.25, 0.3) is 0 Å². The molecular formula is C25H22N2O4. The lowest BCUT2D eigenvalue weighted by atomic mass is 9.90. The Labute approximate surface area is 180 Å². The molecule has 0 spiro atoms. The summed E-state index contributed by atoms with van der Waals surface area (Å²) in [4.78, 5) is 34.1. The van der Waals surface area contributed by atoms with E-state index in [0.29, 0.717) is 12.3 Å². The van der Waals surface area contributed by atoms with Crippen LogP contribution in [-0.2, 0) is 14.4 Å². The van der Waals surface area contributed by atoms with Crippen LogP contribution in [0.5, 0.6) is 5.75 Å². The van der Waals surface area contributed by atoms with Crippen LogP contribution in [0.15, 0.2) is 84.9 Å². The van der Waals surface area contributed by atoms with Crippen LogP contribution in [0.2, 0.25) is 0 Å². The molecule has 3 atom stereocenters. The summed E-state index contributed by atoms with van der Waals surface area (Å²) in [6, 6.07) is 25.7. The van der Waals surface area contributed by atoms with E-state index in [9.17, 15) is 9.59 Å². The maximum absolute atomic E-state index is 13.5. The third-order valence-corrected chi connectivity index (χ3v) is 5.67. The van der Waals surface area contributed by atoms with E-state index in [1.807, 2.05) is 79.7 Å². The Morgan fingerprint density at radius 3 is 2.03 bits per heavy atom. The Balaban J connectivity index is 1.56. The zero-order valence-corrected chi connectivity index (χ0v) is 17.0. The Morgan fingerprint density at radius 1 is 0.806 bits per heavy atom. The monoisotopic (exact) mass is 414 g/mol. The van der Waals surface area contributed by atoms with Gasteiger partial charge in [-0.2, -0.15) is 0 Å². The van der Waals surface area contributed by atoms with Crippen LogP contribution in [0, 0.1) is 5.92 Å². The molecule has 2 fully saturated rings. The summed E-state index contributed by atoms with van der Waals surface area (Å²) in [5.41, 5.74) is 2.24. The second kappa shape index (κ2) is 7.89. The highest BCUT2D eigenvalue weighted by molar-refractivity contribution is 6.23. The SMILES string of the molecule is CCOc1ccc([C@H]2[C@H]3C(=O)N(c4ccccc4)C(=O)[C@H]3ON2c2ccccc2)cc1. The van der Waals surface area contributed by atoms with Gasteiger partial charge in [-0.25, -0.2) is 9.96 Å². The number of hydrogen-bond donors (Lipinski definition) is 0. The molecule has 0 aromatic heterocycles. The Hall–Kier alpha value is -3.64. The molecule has 3 aromatic rings. The lowest BCUT2D eigenvalue weighted by Crippen LogP contribution is -2.37. The number of para-hydroxylation sites is 2. The molecular weight excluding hydrogens is 392 g/mol. The minimum atomic E-state index is -0.871. The number of carbonyl (C=O) groups excluding carboxylic acids is 2. The number of imide groups is 1. The van der Waals surface area contributed by atoms with E-state index in [0.717, 1.165) is 17.0 Å². The zero-order valence-electron chi connectivity index (χ0n) is 17.0. The molecule has 2 aliphatic heterocycles. The predicted octanol–water partition coefficient (Wildman–Crippen LogP) is 4.14. The van der Waals surface area contributed by atoms with Gasteiger partial charge in [-0.05, 0) is 48.9 Å². The summed E-state index contributed by atoms with van der Waals surface area (Å²) in [6.45, 7) is 2.51. The van der Waals surface area contributed by atoms with Crippen molar-refractivity contribution in [3.05, 3.63) is 90.5 Å². The summed E-state index contributed by atoms with van der Waals surface area (Å²) >= 11 is 0. The minimum Gasteiger partial charge on any atom is -0.494 e. The third-order valence-electron chi connectivity index (χ3n) is 5.67. The van der Waals surface area contributed by atoms with E-state index in [1.165, 1.54) is 4.90 Å². The number of carbonyl (C=O) groups is 2. The first kappa shape index (κ1) is 19.3. The van der Waals surface area contributed by atoms with Crippen molar-refractivity contribution in [2.45, 2.75) is 19.1 Å². The molecule has 156 valence electrons. The van der Waals surface area contributed by atoms with Crippen molar-refractivity contribution in [2.75, 3.05) is 16.6 Å². The van der Waals surface area contributed by atoms with E-state index in [1.54, 1.807) is 17.2 Å². The van der Waals surface area contributed by atoms with Crippen LogP contribution in [0.1, 0.15) is 18.5 Å². The summed E-state index contributed by atoms with van der Waals surface area (Å²) in [5.74, 6) is -0.479. The number of nitrogens with zero attached hydrogens (tertiary/aromatic N) is 2. The first-order valence-electron chi connectivity index (χ1n) is 10.4. The normalized spacial score (nSPS) is 22.7. The van der Waals surface area contributed by atoms with Gasteiger partial charge in [0.15, 0.2) is 6.10 Å². The molecule has 2 amide bonds. The van der Waals surface area contributed by atoms with Crippen molar-refractivity contribution in [2.24, 2.45) is 5.92 Å². The highest BCUT2D eigenvalue weighted by Crippen LogP contribution is 2.47. The largest absolute Gasteiger partial charge is 0.494 e. The number of ether oxygens (including phenoxy) is 1. The standard InChI is InChI=1S/C25H22N2O4/c1-2-30-20-15-13-17(14-16-20)22-21-23(31-27(22)19-11-7-4-8-12-19)25(29)26(24(21)28)18-9-5-3-6-10-18/h3-16,21-23H,2H2,1H3/t21-,22+,23+/m1/s1. The number of hydrogen-bond acceptors (Lipinski definition) is 5. The second-order valence-corrected chi connectivity index (χ2v) is 7.51. The van der Waals surface area contributed by atoms with Gasteiger partial charge in [-0.3, -0.25) is 14.4 Å². The lowest BCUT2D eigenvalue weighted by Gasteiger charge is -2.28. The Bertz CT molecular complexity index is 1090. The van der Waals surface area contributed by atoms with Gasteiger partial charge in [-0.1, -0.05) is 48.5 Å². The molecule has 0 aliphatic carbocycles. The highest BCUT2D eigenvalue weighted by atomic mass is 16.7. The lowest BCUT2D eigenvalue weighted by molar-refractivity contribution is -0.126. The summed E-state index contributed by atoms with van der Waals surface area (Å²) in [6.07, 6.45) is -0.871. The topological polar surface area (TPSA) is 59.1 Å². The molecule has 0 N–H and O–H groups in total. The number of fused-ring (bicyclic) bond motifs is 1. The van der Waals surface area contributed by atoms with Gasteiger partial charge in [0.25, 0.3) is 5.91 Å². The molecule has 6 heteroatoms. The van der Waals surface area contributed by atoms with Gasteiger partial charge in [0, 0.05) is 0 Å². The Morgan fingerprint density at radius 2 is 1.42 bits per heavy atom. The fraction of sp³-hybridized carbons (Fsp3) is 0.200. The minimum absolute atomic E-state index is 0.251. The van der Waals surface area contributed by atoms with Crippen molar-refractivity contribution in [3.8, 4) is 5.75 Å². The maximum atomic E-state index is 13.5. The molecule has 3 aromatic carbocycles. The number of benzene rings is 3. The van der Waals surface area contributed by atoms with Crippen LogP contribution < -0.4 is 14.7 Å². The highest BCUT2D eigenvalue weighted by Gasteiger charge is 2.60. The molecule has 2 aliphatic rings. The summed E-state index contributed by atoms with van der Waals surface area (Å²) < 4.78 is 5.56. The zero-order chi connectivity index (χ0) is 21.4. The molecule has 31 heavy (non-hydrogen) atoms. The van der Waals surface area contributed by atoms with Gasteiger partial charge in [0.1, 0.15) is 11.7 Å². The number of hydroxylamine groups is 1. The first-order valence-corrected chi connectivity index (χ1v) is 10.4. The van der Waals surface area contributed by atoms with E-state index >= 15 is 0 Å². The van der Waals surface area contributed by atoms with Crippen molar-refractivity contribution in [1.82, 2.24) is 0 Å². The molecule has 0 unspecified atom stereocenters. The molecule has 2 saturated heterocycles. The molecule has 0 bridgehead atoms. The van der Waals surface area contributed by atoms with Crippen molar-refractivity contribution in [1.29, 1.82) is 0 Å². The van der Waals surface area contributed by atoms with E-state index in [4.69, 9.17) is 9.57 Å². The fourth-order valence-corrected chi connectivity index (χ4v) is 4.31. The molecule has 2 heterocycles. The average molecular weight is 414 g/mol. The van der Waals surface area contributed by atoms with Crippen LogP contribution >= 0.6 is 0 Å². The summed E-state index contributed by atoms with van der Waals surface area (Å²) in [5, 5.41) is 1.70. The third kappa shape index (κ3) is 3.25.